The third-order valence-corrected chi connectivity index (χ3v) is 7.98. The molecule has 0 saturated heterocycles. The fraction of sp³-hybridized carbons (Fsp3) is 0.500. The number of anilines is 1. The minimum absolute atomic E-state index is 0.0404. The molecule has 1 aliphatic heterocycles. The van der Waals surface area contributed by atoms with E-state index in [1.807, 2.05) is 35.2 Å². The molecule has 2 aromatic carbocycles. The number of hydrogen-bond acceptors (Lipinski definition) is 2. The number of nitrogens with zero attached hydrogens (tertiary/aromatic N) is 1. The van der Waals surface area contributed by atoms with Crippen LogP contribution in [0.3, 0.4) is 0 Å². The molecule has 0 radical (unpaired) electrons. The van der Waals surface area contributed by atoms with Crippen LogP contribution in [-0.4, -0.2) is 23.9 Å². The van der Waals surface area contributed by atoms with Gasteiger partial charge < -0.3 is 5.32 Å². The highest BCUT2D eigenvalue weighted by atomic mass is 16.2. The van der Waals surface area contributed by atoms with Crippen LogP contribution in [-0.2, 0) is 10.2 Å². The molecule has 4 nitrogen and oxygen atoms in total. The number of aryl methyl sites for hydroxylation is 1. The van der Waals surface area contributed by atoms with Crippen molar-refractivity contribution in [3.05, 3.63) is 65.2 Å². The van der Waals surface area contributed by atoms with E-state index in [9.17, 15) is 9.59 Å². The highest BCUT2D eigenvalue weighted by molar-refractivity contribution is 6.13. The van der Waals surface area contributed by atoms with Gasteiger partial charge in [0.15, 0.2) is 0 Å². The van der Waals surface area contributed by atoms with Crippen LogP contribution in [0, 0.1) is 6.92 Å². The molecule has 1 N–H and O–H groups in total. The first-order valence-corrected chi connectivity index (χ1v) is 12.4. The van der Waals surface area contributed by atoms with Crippen LogP contribution in [0.5, 0.6) is 0 Å². The molecule has 5 rings (SSSR count). The standard InChI is InChI=1S/C28H34N2O2/c1-20-12-11-17-23-24(20)30(27(32)21-13-5-2-6-14-21)25(28(23)18-9-4-10-19-28)26(31)29-22-15-7-3-8-16-22/h2,5-6,11-14,17,22,25H,3-4,7-10,15-16,18-19H2,1H3,(H,29,31). The number of benzene rings is 2. The fourth-order valence-electron chi connectivity index (χ4n) is 6.46. The Bertz CT molecular complexity index is 988. The van der Waals surface area contributed by atoms with Gasteiger partial charge in [0.1, 0.15) is 6.04 Å². The minimum atomic E-state index is -0.478. The minimum Gasteiger partial charge on any atom is -0.352 e. The topological polar surface area (TPSA) is 49.4 Å². The Balaban J connectivity index is 1.61. The lowest BCUT2D eigenvalue weighted by molar-refractivity contribution is -0.125. The first-order valence-electron chi connectivity index (χ1n) is 12.4. The molecule has 3 aliphatic rings. The first-order chi connectivity index (χ1) is 15.6. The number of amides is 2. The molecule has 1 atom stereocenters. The quantitative estimate of drug-likeness (QED) is 0.681. The maximum absolute atomic E-state index is 14.0. The van der Waals surface area contributed by atoms with Crippen molar-refractivity contribution in [2.45, 2.75) is 88.6 Å². The summed E-state index contributed by atoms with van der Waals surface area (Å²) in [5.74, 6) is -0.0222. The lowest BCUT2D eigenvalue weighted by atomic mass is 9.66. The molecule has 2 fully saturated rings. The number of rotatable bonds is 3. The predicted octanol–water partition coefficient (Wildman–Crippen LogP) is 5.67. The molecule has 2 saturated carbocycles. The molecule has 1 unspecified atom stereocenters. The number of hydrogen-bond donors (Lipinski definition) is 1. The summed E-state index contributed by atoms with van der Waals surface area (Å²) in [7, 11) is 0. The number of carbonyl (C=O) groups is 2. The number of fused-ring (bicyclic) bond motifs is 2. The Morgan fingerprint density at radius 2 is 1.56 bits per heavy atom. The van der Waals surface area contributed by atoms with Gasteiger partial charge in [0.25, 0.3) is 5.91 Å². The van der Waals surface area contributed by atoms with E-state index in [1.54, 1.807) is 0 Å². The van der Waals surface area contributed by atoms with Crippen LogP contribution >= 0.6 is 0 Å². The molecule has 4 heteroatoms. The maximum Gasteiger partial charge on any atom is 0.259 e. The molecule has 1 heterocycles. The molecule has 2 amide bonds. The van der Waals surface area contributed by atoms with Crippen LogP contribution in [0.25, 0.3) is 0 Å². The Kier molecular flexibility index (Phi) is 5.79. The van der Waals surface area contributed by atoms with Crippen molar-refractivity contribution in [2.75, 3.05) is 4.90 Å². The Morgan fingerprint density at radius 1 is 0.875 bits per heavy atom. The van der Waals surface area contributed by atoms with Crippen molar-refractivity contribution in [2.24, 2.45) is 0 Å². The fourth-order valence-corrected chi connectivity index (χ4v) is 6.46. The largest absolute Gasteiger partial charge is 0.352 e. The average Bonchev–Trinajstić information content (AvgIpc) is 3.11. The first kappa shape index (κ1) is 21.2. The Morgan fingerprint density at radius 3 is 2.28 bits per heavy atom. The van der Waals surface area contributed by atoms with E-state index in [2.05, 4.69) is 30.4 Å². The van der Waals surface area contributed by atoms with E-state index in [0.717, 1.165) is 49.8 Å². The average molecular weight is 431 g/mol. The Labute approximate surface area is 191 Å². The highest BCUT2D eigenvalue weighted by Gasteiger charge is 2.56. The number of carbonyl (C=O) groups excluding carboxylic acids is 2. The Hall–Kier alpha value is -2.62. The van der Waals surface area contributed by atoms with Gasteiger partial charge in [-0.2, -0.15) is 0 Å². The van der Waals surface area contributed by atoms with Gasteiger partial charge in [0.2, 0.25) is 5.91 Å². The summed E-state index contributed by atoms with van der Waals surface area (Å²) in [6.07, 6.45) is 11.0. The van der Waals surface area contributed by atoms with Gasteiger partial charge in [-0.1, -0.05) is 74.9 Å². The monoisotopic (exact) mass is 430 g/mol. The summed E-state index contributed by atoms with van der Waals surface area (Å²) in [6, 6.07) is 15.5. The number of para-hydroxylation sites is 1. The highest BCUT2D eigenvalue weighted by Crippen LogP contribution is 2.54. The van der Waals surface area contributed by atoms with Crippen LogP contribution in [0.15, 0.2) is 48.5 Å². The van der Waals surface area contributed by atoms with E-state index >= 15 is 0 Å². The van der Waals surface area contributed by atoms with Gasteiger partial charge in [-0.05, 0) is 55.9 Å². The van der Waals surface area contributed by atoms with Crippen LogP contribution in [0.4, 0.5) is 5.69 Å². The van der Waals surface area contributed by atoms with Crippen LogP contribution in [0.1, 0.15) is 85.7 Å². The molecule has 0 bridgehead atoms. The molecule has 1 spiro atoms. The summed E-state index contributed by atoms with van der Waals surface area (Å²) in [4.78, 5) is 29.8. The van der Waals surface area contributed by atoms with E-state index in [0.29, 0.717) is 5.56 Å². The van der Waals surface area contributed by atoms with E-state index in [1.165, 1.54) is 31.2 Å². The zero-order valence-corrected chi connectivity index (χ0v) is 19.1. The second-order valence-corrected chi connectivity index (χ2v) is 9.98. The lowest BCUT2D eigenvalue weighted by Crippen LogP contribution is -2.58. The summed E-state index contributed by atoms with van der Waals surface area (Å²) in [6.45, 7) is 2.07. The third kappa shape index (κ3) is 3.54. The van der Waals surface area contributed by atoms with Crippen molar-refractivity contribution in [3.63, 3.8) is 0 Å². The lowest BCUT2D eigenvalue weighted by Gasteiger charge is -2.41. The molecule has 2 aromatic rings. The summed E-state index contributed by atoms with van der Waals surface area (Å²) < 4.78 is 0. The van der Waals surface area contributed by atoms with Gasteiger partial charge >= 0.3 is 0 Å². The third-order valence-electron chi connectivity index (χ3n) is 7.98. The number of nitrogens with one attached hydrogen (secondary N) is 1. The van der Waals surface area contributed by atoms with Crippen LogP contribution in [0.2, 0.25) is 0 Å². The van der Waals surface area contributed by atoms with Crippen molar-refractivity contribution >= 4 is 17.5 Å². The molecule has 2 aliphatic carbocycles. The van der Waals surface area contributed by atoms with Crippen molar-refractivity contribution in [1.29, 1.82) is 0 Å². The molecule has 32 heavy (non-hydrogen) atoms. The summed E-state index contributed by atoms with van der Waals surface area (Å²) >= 11 is 0. The van der Waals surface area contributed by atoms with Gasteiger partial charge in [-0.15, -0.1) is 0 Å². The second kappa shape index (κ2) is 8.73. The van der Waals surface area contributed by atoms with Crippen molar-refractivity contribution < 1.29 is 9.59 Å². The van der Waals surface area contributed by atoms with E-state index < -0.39 is 6.04 Å². The van der Waals surface area contributed by atoms with Crippen molar-refractivity contribution in [3.8, 4) is 0 Å². The molecular formula is C28H34N2O2. The molecular weight excluding hydrogens is 396 g/mol. The van der Waals surface area contributed by atoms with E-state index in [-0.39, 0.29) is 23.3 Å². The van der Waals surface area contributed by atoms with Crippen LogP contribution < -0.4 is 10.2 Å². The summed E-state index contributed by atoms with van der Waals surface area (Å²) in [5, 5.41) is 3.39. The van der Waals surface area contributed by atoms with E-state index in [4.69, 9.17) is 0 Å². The van der Waals surface area contributed by atoms with Crippen molar-refractivity contribution in [1.82, 2.24) is 5.32 Å². The van der Waals surface area contributed by atoms with Gasteiger partial charge in [0, 0.05) is 17.0 Å². The van der Waals surface area contributed by atoms with Gasteiger partial charge in [0.05, 0.1) is 5.69 Å². The second-order valence-electron chi connectivity index (χ2n) is 9.98. The SMILES string of the molecule is Cc1cccc2c1N(C(=O)c1ccccc1)C(C(=O)NC1CCCCC1)C21CCCCC1. The normalized spacial score (nSPS) is 22.5. The summed E-state index contributed by atoms with van der Waals surface area (Å²) in [5.41, 5.74) is 3.59. The zero-order valence-electron chi connectivity index (χ0n) is 19.1. The van der Waals surface area contributed by atoms with Gasteiger partial charge in [-0.3, -0.25) is 14.5 Å². The smallest absolute Gasteiger partial charge is 0.259 e. The maximum atomic E-state index is 14.0. The predicted molar refractivity (Wildman–Crippen MR) is 128 cm³/mol. The molecule has 0 aromatic heterocycles. The zero-order chi connectivity index (χ0) is 22.1. The van der Waals surface area contributed by atoms with Gasteiger partial charge in [-0.25, -0.2) is 0 Å². The molecule has 168 valence electrons.